The lowest BCUT2D eigenvalue weighted by atomic mass is 10.1. The van der Waals surface area contributed by atoms with Gasteiger partial charge in [0.25, 0.3) is 5.91 Å². The van der Waals surface area contributed by atoms with Crippen molar-refractivity contribution in [3.8, 4) is 0 Å². The molecule has 5 heteroatoms. The number of nitrogens with one attached hydrogen (secondary N) is 1. The Morgan fingerprint density at radius 3 is 2.90 bits per heavy atom. The van der Waals surface area contributed by atoms with Crippen LogP contribution in [0.4, 0.5) is 0 Å². The lowest BCUT2D eigenvalue weighted by molar-refractivity contribution is 0.0952. The Kier molecular flexibility index (Phi) is 4.95. The molecule has 0 aliphatic heterocycles. The number of carbonyl (C=O) groups excluding carboxylic acids is 1. The topological polar surface area (TPSA) is 46.9 Å². The number of amides is 1. The highest BCUT2D eigenvalue weighted by Gasteiger charge is 2.08. The van der Waals surface area contributed by atoms with Crippen LogP contribution in [0.15, 0.2) is 35.1 Å². The van der Waals surface area contributed by atoms with Crippen molar-refractivity contribution in [1.29, 1.82) is 0 Å². The summed E-state index contributed by atoms with van der Waals surface area (Å²) >= 11 is 3.39. The molecule has 0 aliphatic rings. The van der Waals surface area contributed by atoms with Crippen LogP contribution in [-0.4, -0.2) is 22.0 Å². The third kappa shape index (κ3) is 3.70. The number of aryl methyl sites for hydroxylation is 3. The summed E-state index contributed by atoms with van der Waals surface area (Å²) in [6.07, 6.45) is 4.63. The molecule has 1 aromatic heterocycles. The molecule has 1 N–H and O–H groups in total. The number of hydrogen-bond acceptors (Lipinski definition) is 2. The minimum Gasteiger partial charge on any atom is -0.352 e. The summed E-state index contributed by atoms with van der Waals surface area (Å²) in [5.74, 6) is 0.977. The van der Waals surface area contributed by atoms with Crippen molar-refractivity contribution >= 4 is 21.8 Å². The molecule has 1 aromatic carbocycles. The van der Waals surface area contributed by atoms with Crippen LogP contribution in [0.2, 0.25) is 0 Å². The van der Waals surface area contributed by atoms with E-state index in [0.717, 1.165) is 34.4 Å². The number of benzene rings is 1. The summed E-state index contributed by atoms with van der Waals surface area (Å²) in [5.41, 5.74) is 1.70. The molecule has 0 saturated carbocycles. The number of rotatable bonds is 5. The van der Waals surface area contributed by atoms with Gasteiger partial charge in [0, 0.05) is 35.5 Å². The Morgan fingerprint density at radius 2 is 2.20 bits per heavy atom. The number of hydrogen-bond donors (Lipinski definition) is 1. The highest BCUT2D eigenvalue weighted by molar-refractivity contribution is 9.10. The van der Waals surface area contributed by atoms with Crippen molar-refractivity contribution in [2.45, 2.75) is 26.8 Å². The fourth-order valence-electron chi connectivity index (χ4n) is 2.03. The maximum absolute atomic E-state index is 12.1. The third-order valence-corrected chi connectivity index (χ3v) is 3.72. The maximum Gasteiger partial charge on any atom is 0.251 e. The average molecular weight is 336 g/mol. The predicted molar refractivity (Wildman–Crippen MR) is 82.8 cm³/mol. The van der Waals surface area contributed by atoms with E-state index < -0.39 is 0 Å². The maximum atomic E-state index is 12.1. The zero-order valence-corrected chi connectivity index (χ0v) is 13.3. The van der Waals surface area contributed by atoms with E-state index in [9.17, 15) is 4.79 Å². The van der Waals surface area contributed by atoms with Gasteiger partial charge in [-0.25, -0.2) is 4.98 Å². The van der Waals surface area contributed by atoms with Crippen LogP contribution in [0.1, 0.15) is 28.2 Å². The molecule has 4 nitrogen and oxygen atoms in total. The molecule has 106 valence electrons. The second-order valence-corrected chi connectivity index (χ2v) is 5.65. The SMILES string of the molecule is Cc1ccc(Br)cc1C(=O)NCCCn1ccnc1C. The Hall–Kier alpha value is -1.62. The molecule has 1 heterocycles. The van der Waals surface area contributed by atoms with E-state index in [4.69, 9.17) is 0 Å². The van der Waals surface area contributed by atoms with Crippen LogP contribution in [0.25, 0.3) is 0 Å². The van der Waals surface area contributed by atoms with Crippen molar-refractivity contribution in [2.24, 2.45) is 0 Å². The second kappa shape index (κ2) is 6.70. The van der Waals surface area contributed by atoms with E-state index in [1.807, 2.05) is 38.2 Å². The summed E-state index contributed by atoms with van der Waals surface area (Å²) in [6, 6.07) is 5.73. The number of halogens is 1. The van der Waals surface area contributed by atoms with Gasteiger partial charge in [-0.05, 0) is 38.0 Å². The van der Waals surface area contributed by atoms with Gasteiger partial charge in [-0.15, -0.1) is 0 Å². The van der Waals surface area contributed by atoms with Crippen molar-refractivity contribution in [1.82, 2.24) is 14.9 Å². The van der Waals surface area contributed by atoms with Crippen molar-refractivity contribution in [3.63, 3.8) is 0 Å². The predicted octanol–water partition coefficient (Wildman–Crippen LogP) is 3.08. The molecule has 0 atom stereocenters. The number of aromatic nitrogens is 2. The fraction of sp³-hybridized carbons (Fsp3) is 0.333. The van der Waals surface area contributed by atoms with Gasteiger partial charge in [-0.3, -0.25) is 4.79 Å². The molecule has 1 amide bonds. The van der Waals surface area contributed by atoms with Crippen LogP contribution >= 0.6 is 15.9 Å². The van der Waals surface area contributed by atoms with Gasteiger partial charge in [0.1, 0.15) is 5.82 Å². The smallest absolute Gasteiger partial charge is 0.251 e. The van der Waals surface area contributed by atoms with E-state index in [1.54, 1.807) is 6.20 Å². The van der Waals surface area contributed by atoms with Crippen molar-refractivity contribution in [3.05, 3.63) is 52.0 Å². The van der Waals surface area contributed by atoms with Gasteiger partial charge in [-0.2, -0.15) is 0 Å². The normalized spacial score (nSPS) is 10.6. The number of imidazole rings is 1. The molecular formula is C15H18BrN3O. The third-order valence-electron chi connectivity index (χ3n) is 3.23. The first-order valence-electron chi connectivity index (χ1n) is 6.60. The lowest BCUT2D eigenvalue weighted by Gasteiger charge is -2.09. The summed E-state index contributed by atoms with van der Waals surface area (Å²) < 4.78 is 3.00. The minimum absolute atomic E-state index is 0.0221. The molecule has 0 fully saturated rings. The molecule has 0 bridgehead atoms. The van der Waals surface area contributed by atoms with Gasteiger partial charge in [0.2, 0.25) is 0 Å². The van der Waals surface area contributed by atoms with Gasteiger partial charge in [-0.1, -0.05) is 22.0 Å². The van der Waals surface area contributed by atoms with E-state index in [2.05, 4.69) is 30.8 Å². The molecule has 0 aliphatic carbocycles. The quantitative estimate of drug-likeness (QED) is 0.853. The first-order chi connectivity index (χ1) is 9.58. The summed E-state index contributed by atoms with van der Waals surface area (Å²) in [7, 11) is 0. The minimum atomic E-state index is -0.0221. The number of carbonyl (C=O) groups is 1. The molecule has 0 unspecified atom stereocenters. The van der Waals surface area contributed by atoms with Gasteiger partial charge >= 0.3 is 0 Å². The highest BCUT2D eigenvalue weighted by Crippen LogP contribution is 2.15. The lowest BCUT2D eigenvalue weighted by Crippen LogP contribution is -2.26. The van der Waals surface area contributed by atoms with Gasteiger partial charge in [0.15, 0.2) is 0 Å². The molecule has 2 rings (SSSR count). The zero-order chi connectivity index (χ0) is 14.5. The van der Waals surface area contributed by atoms with Crippen molar-refractivity contribution in [2.75, 3.05) is 6.54 Å². The van der Waals surface area contributed by atoms with Gasteiger partial charge in [0.05, 0.1) is 0 Å². The standard InChI is InChI=1S/C15H18BrN3O/c1-11-4-5-13(16)10-14(11)15(20)18-6-3-8-19-9-7-17-12(19)2/h4-5,7,9-10H,3,6,8H2,1-2H3,(H,18,20). The Balaban J connectivity index is 1.83. The Labute approximate surface area is 127 Å². The summed E-state index contributed by atoms with van der Waals surface area (Å²) in [4.78, 5) is 16.3. The largest absolute Gasteiger partial charge is 0.352 e. The fourth-order valence-corrected chi connectivity index (χ4v) is 2.39. The van der Waals surface area contributed by atoms with Crippen LogP contribution in [0.3, 0.4) is 0 Å². The monoisotopic (exact) mass is 335 g/mol. The molecule has 0 spiro atoms. The summed E-state index contributed by atoms with van der Waals surface area (Å²) in [5, 5.41) is 2.96. The average Bonchev–Trinajstić information content (AvgIpc) is 2.83. The van der Waals surface area contributed by atoms with E-state index in [-0.39, 0.29) is 5.91 Å². The molecule has 0 saturated heterocycles. The zero-order valence-electron chi connectivity index (χ0n) is 11.7. The van der Waals surface area contributed by atoms with Crippen molar-refractivity contribution < 1.29 is 4.79 Å². The van der Waals surface area contributed by atoms with Crippen LogP contribution in [0.5, 0.6) is 0 Å². The Bertz CT molecular complexity index is 607. The molecule has 0 radical (unpaired) electrons. The first kappa shape index (κ1) is 14.8. The highest BCUT2D eigenvalue weighted by atomic mass is 79.9. The summed E-state index contributed by atoms with van der Waals surface area (Å²) in [6.45, 7) is 5.44. The first-order valence-corrected chi connectivity index (χ1v) is 7.39. The number of nitrogens with zero attached hydrogens (tertiary/aromatic N) is 2. The van der Waals surface area contributed by atoms with Gasteiger partial charge < -0.3 is 9.88 Å². The van der Waals surface area contributed by atoms with E-state index >= 15 is 0 Å². The van der Waals surface area contributed by atoms with Crippen LogP contribution < -0.4 is 5.32 Å². The van der Waals surface area contributed by atoms with Crippen LogP contribution in [-0.2, 0) is 6.54 Å². The van der Waals surface area contributed by atoms with Crippen LogP contribution in [0, 0.1) is 13.8 Å². The Morgan fingerprint density at radius 1 is 1.40 bits per heavy atom. The van der Waals surface area contributed by atoms with E-state index in [1.165, 1.54) is 0 Å². The molecule has 2 aromatic rings. The van der Waals surface area contributed by atoms with E-state index in [0.29, 0.717) is 6.54 Å². The molecule has 20 heavy (non-hydrogen) atoms. The molecular weight excluding hydrogens is 318 g/mol. The second-order valence-electron chi connectivity index (χ2n) is 4.74.